The molecule has 17 heavy (non-hydrogen) atoms. The molecule has 104 valence electrons. The third-order valence-corrected chi connectivity index (χ3v) is 6.23. The molecule has 2 nitrogen and oxygen atoms in total. The van der Waals surface area contributed by atoms with Crippen LogP contribution in [0, 0.1) is 0 Å². The summed E-state index contributed by atoms with van der Waals surface area (Å²) in [4.78, 5) is 0. The van der Waals surface area contributed by atoms with Crippen molar-refractivity contribution in [2.45, 2.75) is 12.2 Å². The molecule has 0 aliphatic rings. The van der Waals surface area contributed by atoms with E-state index in [-0.39, 0.29) is 12.2 Å². The van der Waals surface area contributed by atoms with Crippen molar-refractivity contribution < 1.29 is 10.2 Å². The van der Waals surface area contributed by atoms with E-state index in [1.54, 1.807) is 35.3 Å². The van der Waals surface area contributed by atoms with E-state index in [1.165, 1.54) is 0 Å². The van der Waals surface area contributed by atoms with Crippen LogP contribution in [0.5, 0.6) is 0 Å². The molecule has 0 radical (unpaired) electrons. The second-order valence-electron chi connectivity index (χ2n) is 3.44. The van der Waals surface area contributed by atoms with Gasteiger partial charge in [0, 0.05) is 34.5 Å². The minimum atomic E-state index is -0.276. The molecule has 2 atom stereocenters. The molecule has 0 saturated heterocycles. The predicted molar refractivity (Wildman–Crippen MR) is 91.7 cm³/mol. The minimum Gasteiger partial charge on any atom is -0.391 e. The first kappa shape index (κ1) is 18.7. The van der Waals surface area contributed by atoms with Crippen LogP contribution in [0.15, 0.2) is 0 Å². The fourth-order valence-electron chi connectivity index (χ4n) is 1.00. The third-order valence-electron chi connectivity index (χ3n) is 1.71. The molecule has 0 aliphatic heterocycles. The van der Waals surface area contributed by atoms with E-state index < -0.39 is 0 Å². The Bertz CT molecular complexity index is 146. The summed E-state index contributed by atoms with van der Waals surface area (Å²) in [5.41, 5.74) is 0. The van der Waals surface area contributed by atoms with Crippen molar-refractivity contribution in [2.75, 3.05) is 46.0 Å². The molecule has 2 unspecified atom stereocenters. The van der Waals surface area contributed by atoms with Gasteiger partial charge in [-0.25, -0.2) is 0 Å². The quantitative estimate of drug-likeness (QED) is 0.323. The van der Waals surface area contributed by atoms with E-state index in [4.69, 9.17) is 0 Å². The minimum absolute atomic E-state index is 0.276. The molecule has 0 saturated carbocycles. The van der Waals surface area contributed by atoms with Crippen LogP contribution in [0.1, 0.15) is 0 Å². The van der Waals surface area contributed by atoms with Gasteiger partial charge >= 0.3 is 0 Å². The largest absolute Gasteiger partial charge is 0.391 e. The van der Waals surface area contributed by atoms with E-state index >= 15 is 0 Å². The van der Waals surface area contributed by atoms with Crippen LogP contribution in [-0.4, -0.2) is 68.4 Å². The van der Waals surface area contributed by atoms with Gasteiger partial charge in [0.25, 0.3) is 0 Å². The third kappa shape index (κ3) is 13.9. The van der Waals surface area contributed by atoms with Gasteiger partial charge in [-0.3, -0.25) is 0 Å². The Morgan fingerprint density at radius 3 is 1.41 bits per heavy atom. The average molecular weight is 335 g/mol. The summed E-state index contributed by atoms with van der Waals surface area (Å²) in [6.07, 6.45) is -0.552. The number of thioether (sulfide) groups is 3. The van der Waals surface area contributed by atoms with Crippen LogP contribution in [0.4, 0.5) is 0 Å². The highest BCUT2D eigenvalue weighted by atomic mass is 32.2. The van der Waals surface area contributed by atoms with Gasteiger partial charge in [0.05, 0.1) is 12.2 Å². The molecule has 0 spiro atoms. The highest BCUT2D eigenvalue weighted by molar-refractivity contribution is 8.01. The number of aliphatic hydroxyl groups is 2. The van der Waals surface area contributed by atoms with Crippen LogP contribution >= 0.6 is 60.5 Å². The van der Waals surface area contributed by atoms with Gasteiger partial charge in [0.2, 0.25) is 0 Å². The van der Waals surface area contributed by atoms with E-state index in [0.29, 0.717) is 11.5 Å². The molecule has 0 bridgehead atoms. The van der Waals surface area contributed by atoms with E-state index in [9.17, 15) is 10.2 Å². The first-order valence-corrected chi connectivity index (χ1v) is 10.2. The number of hydrogen-bond acceptors (Lipinski definition) is 7. The second kappa shape index (κ2) is 14.1. The smallest absolute Gasteiger partial charge is 0.0720 e. The molecular weight excluding hydrogens is 312 g/mol. The van der Waals surface area contributed by atoms with Crippen molar-refractivity contribution in [1.82, 2.24) is 0 Å². The van der Waals surface area contributed by atoms with Crippen molar-refractivity contribution >= 4 is 60.5 Å². The lowest BCUT2D eigenvalue weighted by atomic mass is 10.5. The van der Waals surface area contributed by atoms with Crippen molar-refractivity contribution in [3.05, 3.63) is 0 Å². The Morgan fingerprint density at radius 2 is 1.06 bits per heavy atom. The van der Waals surface area contributed by atoms with Gasteiger partial charge in [-0.2, -0.15) is 60.5 Å². The van der Waals surface area contributed by atoms with Crippen LogP contribution in [0.25, 0.3) is 0 Å². The van der Waals surface area contributed by atoms with Gasteiger partial charge in [0.1, 0.15) is 0 Å². The molecule has 0 aromatic heterocycles. The predicted octanol–water partition coefficient (Wildman–Crippen LogP) is 1.77. The molecule has 0 aromatic rings. The summed E-state index contributed by atoms with van der Waals surface area (Å²) in [5.74, 6) is 6.59. The average Bonchev–Trinajstić information content (AvgIpc) is 2.30. The normalized spacial score (nSPS) is 14.8. The summed E-state index contributed by atoms with van der Waals surface area (Å²) in [5, 5.41) is 19.3. The van der Waals surface area contributed by atoms with Crippen molar-refractivity contribution in [3.63, 3.8) is 0 Å². The van der Waals surface area contributed by atoms with Crippen LogP contribution in [0.2, 0.25) is 0 Å². The maximum atomic E-state index is 9.64. The standard InChI is InChI=1S/C10H22O2S5/c11-9(5-15-3-1-13)7-17-8-10(12)6-16-4-2-14/h9-14H,1-8H2. The Morgan fingerprint density at radius 1 is 0.706 bits per heavy atom. The summed E-state index contributed by atoms with van der Waals surface area (Å²) >= 11 is 13.3. The van der Waals surface area contributed by atoms with Crippen molar-refractivity contribution in [2.24, 2.45) is 0 Å². The first-order chi connectivity index (χ1) is 8.20. The maximum absolute atomic E-state index is 9.64. The fraction of sp³-hybridized carbons (Fsp3) is 1.00. The Labute approximate surface area is 128 Å². The number of aliphatic hydroxyl groups excluding tert-OH is 2. The van der Waals surface area contributed by atoms with Gasteiger partial charge < -0.3 is 10.2 Å². The number of thiol groups is 2. The molecular formula is C10H22O2S5. The van der Waals surface area contributed by atoms with Crippen LogP contribution in [-0.2, 0) is 0 Å². The van der Waals surface area contributed by atoms with E-state index in [0.717, 1.165) is 34.5 Å². The molecule has 0 fully saturated rings. The number of rotatable bonds is 12. The van der Waals surface area contributed by atoms with Gasteiger partial charge in [-0.05, 0) is 11.5 Å². The highest BCUT2D eigenvalue weighted by Crippen LogP contribution is 2.12. The summed E-state index contributed by atoms with van der Waals surface area (Å²) in [6.45, 7) is 0. The summed E-state index contributed by atoms with van der Waals surface area (Å²) < 4.78 is 0. The van der Waals surface area contributed by atoms with Gasteiger partial charge in [-0.15, -0.1) is 0 Å². The Balaban J connectivity index is 3.29. The first-order valence-electron chi connectivity index (χ1n) is 5.51. The van der Waals surface area contributed by atoms with Gasteiger partial charge in [-0.1, -0.05) is 0 Å². The molecule has 0 rings (SSSR count). The van der Waals surface area contributed by atoms with Crippen molar-refractivity contribution in [3.8, 4) is 0 Å². The fourth-order valence-corrected chi connectivity index (χ4v) is 4.36. The Kier molecular flexibility index (Phi) is 15.5. The maximum Gasteiger partial charge on any atom is 0.0720 e. The SMILES string of the molecule is OC(CSCCS)CSCC(O)CSCCS. The topological polar surface area (TPSA) is 40.5 Å². The van der Waals surface area contributed by atoms with Crippen LogP contribution < -0.4 is 0 Å². The van der Waals surface area contributed by atoms with Gasteiger partial charge in [0.15, 0.2) is 0 Å². The molecule has 0 aliphatic carbocycles. The summed E-state index contributed by atoms with van der Waals surface area (Å²) in [7, 11) is 0. The zero-order valence-electron chi connectivity index (χ0n) is 9.83. The molecule has 0 aromatic carbocycles. The zero-order chi connectivity index (χ0) is 12.9. The monoisotopic (exact) mass is 334 g/mol. The zero-order valence-corrected chi connectivity index (χ0v) is 14.1. The highest BCUT2D eigenvalue weighted by Gasteiger charge is 2.08. The Hall–Kier alpha value is 1.67. The van der Waals surface area contributed by atoms with E-state index in [1.807, 2.05) is 0 Å². The second-order valence-corrected chi connectivity index (χ2v) is 7.71. The molecule has 2 N–H and O–H groups in total. The lowest BCUT2D eigenvalue weighted by Gasteiger charge is -2.12. The number of hydrogen-bond donors (Lipinski definition) is 4. The molecule has 0 amide bonds. The van der Waals surface area contributed by atoms with Crippen molar-refractivity contribution in [1.29, 1.82) is 0 Å². The molecule has 0 heterocycles. The lowest BCUT2D eigenvalue weighted by molar-refractivity contribution is 0.220. The van der Waals surface area contributed by atoms with Crippen LogP contribution in [0.3, 0.4) is 0 Å². The van der Waals surface area contributed by atoms with E-state index in [2.05, 4.69) is 25.3 Å². The lowest BCUT2D eigenvalue weighted by Crippen LogP contribution is -2.18. The molecule has 7 heteroatoms. The summed E-state index contributed by atoms with van der Waals surface area (Å²) in [6, 6.07) is 0.